The number of nitrogens with zero attached hydrogens (tertiary/aromatic N) is 1. The van der Waals surface area contributed by atoms with Gasteiger partial charge in [0.05, 0.1) is 12.7 Å². The molecule has 1 heterocycles. The summed E-state index contributed by atoms with van der Waals surface area (Å²) in [7, 11) is 1.57. The van der Waals surface area contributed by atoms with Crippen LogP contribution in [-0.2, 0) is 0 Å². The van der Waals surface area contributed by atoms with Gasteiger partial charge in [0.2, 0.25) is 5.89 Å². The number of aromatic nitrogens is 1. The van der Waals surface area contributed by atoms with Crippen LogP contribution in [0.25, 0.3) is 22.6 Å². The van der Waals surface area contributed by atoms with Crippen LogP contribution in [0.2, 0.25) is 0 Å². The second-order valence-electron chi connectivity index (χ2n) is 7.13. The number of carbonyl (C=O) groups is 1. The zero-order chi connectivity index (χ0) is 20.5. The Morgan fingerprint density at radius 3 is 2.62 bits per heavy atom. The fraction of sp³-hybridized carbons (Fsp3) is 0.167. The summed E-state index contributed by atoms with van der Waals surface area (Å²) in [6, 6.07) is 17.2. The maximum absolute atomic E-state index is 12.9. The molecule has 0 aliphatic heterocycles. The average molecular weight is 386 g/mol. The molecule has 0 atom stereocenters. The summed E-state index contributed by atoms with van der Waals surface area (Å²) in [4.78, 5) is 17.5. The molecule has 1 N–H and O–H groups in total. The Balaban J connectivity index is 1.68. The normalized spacial score (nSPS) is 10.9. The molecule has 1 amide bonds. The second-order valence-corrected chi connectivity index (χ2v) is 7.13. The van der Waals surface area contributed by atoms with Crippen LogP contribution in [0.4, 0.5) is 5.69 Å². The van der Waals surface area contributed by atoms with Crippen LogP contribution in [0.15, 0.2) is 59.0 Å². The van der Waals surface area contributed by atoms with Gasteiger partial charge in [0.25, 0.3) is 5.91 Å². The van der Waals surface area contributed by atoms with E-state index in [4.69, 9.17) is 9.15 Å². The maximum atomic E-state index is 12.9. The number of hydrogen-bond donors (Lipinski definition) is 1. The minimum Gasteiger partial charge on any atom is -0.496 e. The summed E-state index contributed by atoms with van der Waals surface area (Å²) in [5.41, 5.74) is 6.53. The number of hydrogen-bond acceptors (Lipinski definition) is 4. The van der Waals surface area contributed by atoms with E-state index in [0.717, 1.165) is 33.4 Å². The summed E-state index contributed by atoms with van der Waals surface area (Å²) in [5, 5.41) is 2.99. The first-order chi connectivity index (χ1) is 14.0. The lowest BCUT2D eigenvalue weighted by molar-refractivity contribution is 0.102. The fourth-order valence-electron chi connectivity index (χ4n) is 3.34. The van der Waals surface area contributed by atoms with Crippen LogP contribution in [0, 0.1) is 20.8 Å². The van der Waals surface area contributed by atoms with Crippen molar-refractivity contribution in [2.24, 2.45) is 0 Å². The molecule has 0 bridgehead atoms. The van der Waals surface area contributed by atoms with E-state index in [1.807, 2.05) is 69.3 Å². The minimum atomic E-state index is -0.223. The van der Waals surface area contributed by atoms with E-state index in [9.17, 15) is 4.79 Å². The first kappa shape index (κ1) is 18.7. The van der Waals surface area contributed by atoms with E-state index in [1.165, 1.54) is 0 Å². The van der Waals surface area contributed by atoms with Crippen LogP contribution in [0.5, 0.6) is 5.75 Å². The first-order valence-electron chi connectivity index (χ1n) is 9.39. The molecule has 0 spiro atoms. The largest absolute Gasteiger partial charge is 0.496 e. The van der Waals surface area contributed by atoms with Crippen molar-refractivity contribution >= 4 is 22.7 Å². The van der Waals surface area contributed by atoms with Crippen LogP contribution < -0.4 is 10.1 Å². The molecule has 1 aromatic heterocycles. The Labute approximate surface area is 169 Å². The summed E-state index contributed by atoms with van der Waals surface area (Å²) in [6.45, 7) is 5.88. The highest BCUT2D eigenvalue weighted by atomic mass is 16.5. The lowest BCUT2D eigenvalue weighted by atomic mass is 10.1. The third kappa shape index (κ3) is 3.59. The summed E-state index contributed by atoms with van der Waals surface area (Å²) < 4.78 is 11.3. The summed E-state index contributed by atoms with van der Waals surface area (Å²) in [6.07, 6.45) is 0. The Bertz CT molecular complexity index is 1220. The number of aryl methyl sites for hydroxylation is 3. The molecular weight excluding hydrogens is 364 g/mol. The molecule has 0 unspecified atom stereocenters. The number of rotatable bonds is 4. The average Bonchev–Trinajstić information content (AvgIpc) is 3.12. The van der Waals surface area contributed by atoms with Gasteiger partial charge in [0.1, 0.15) is 11.3 Å². The quantitative estimate of drug-likeness (QED) is 0.490. The van der Waals surface area contributed by atoms with Crippen LogP contribution in [-0.4, -0.2) is 18.0 Å². The smallest absolute Gasteiger partial charge is 0.259 e. The van der Waals surface area contributed by atoms with E-state index in [1.54, 1.807) is 13.2 Å². The van der Waals surface area contributed by atoms with Gasteiger partial charge in [-0.25, -0.2) is 4.98 Å². The number of methoxy groups -OCH3 is 1. The van der Waals surface area contributed by atoms with Crippen LogP contribution in [0.3, 0.4) is 0 Å². The predicted molar refractivity (Wildman–Crippen MR) is 115 cm³/mol. The van der Waals surface area contributed by atoms with E-state index < -0.39 is 0 Å². The minimum absolute atomic E-state index is 0.223. The van der Waals surface area contributed by atoms with Crippen LogP contribution in [0.1, 0.15) is 27.0 Å². The predicted octanol–water partition coefficient (Wildman–Crippen LogP) is 5.68. The number of ether oxygens (including phenoxy) is 1. The Morgan fingerprint density at radius 2 is 1.83 bits per heavy atom. The topological polar surface area (TPSA) is 64.4 Å². The van der Waals surface area contributed by atoms with Gasteiger partial charge >= 0.3 is 0 Å². The Morgan fingerprint density at radius 1 is 1.00 bits per heavy atom. The number of anilines is 1. The monoisotopic (exact) mass is 386 g/mol. The van der Waals surface area contributed by atoms with Gasteiger partial charge in [-0.3, -0.25) is 4.79 Å². The highest BCUT2D eigenvalue weighted by Gasteiger charge is 2.16. The van der Waals surface area contributed by atoms with Crippen molar-refractivity contribution in [2.75, 3.05) is 12.4 Å². The molecule has 4 rings (SSSR count). The summed E-state index contributed by atoms with van der Waals surface area (Å²) in [5.74, 6) is 0.876. The molecule has 0 aliphatic rings. The van der Waals surface area contributed by atoms with Crippen molar-refractivity contribution in [1.29, 1.82) is 0 Å². The lowest BCUT2D eigenvalue weighted by Gasteiger charge is -2.13. The zero-order valence-electron chi connectivity index (χ0n) is 16.9. The maximum Gasteiger partial charge on any atom is 0.259 e. The van der Waals surface area contributed by atoms with E-state index in [0.29, 0.717) is 22.9 Å². The number of fused-ring (bicyclic) bond motifs is 1. The molecule has 0 aliphatic carbocycles. The van der Waals surface area contributed by atoms with Gasteiger partial charge in [-0.2, -0.15) is 0 Å². The number of carbonyl (C=O) groups excluding carboxylic acids is 1. The zero-order valence-corrected chi connectivity index (χ0v) is 16.9. The molecule has 0 saturated carbocycles. The van der Waals surface area contributed by atoms with Crippen molar-refractivity contribution in [3.8, 4) is 17.2 Å². The Hall–Kier alpha value is -3.60. The number of benzene rings is 3. The van der Waals surface area contributed by atoms with Crippen molar-refractivity contribution in [3.05, 3.63) is 76.9 Å². The van der Waals surface area contributed by atoms with Crippen molar-refractivity contribution in [3.63, 3.8) is 0 Å². The van der Waals surface area contributed by atoms with Gasteiger partial charge in [0.15, 0.2) is 5.58 Å². The van der Waals surface area contributed by atoms with Crippen molar-refractivity contribution in [2.45, 2.75) is 20.8 Å². The first-order valence-corrected chi connectivity index (χ1v) is 9.39. The number of para-hydroxylation sites is 1. The van der Waals surface area contributed by atoms with Gasteiger partial charge in [-0.05, 0) is 67.8 Å². The SMILES string of the molecule is COc1c(C)cccc1C(=O)Nc1cc(-c2nc3cc(C)ccc3o2)ccc1C. The molecule has 5 nitrogen and oxygen atoms in total. The number of oxazole rings is 1. The van der Waals surface area contributed by atoms with Gasteiger partial charge in [0, 0.05) is 11.3 Å². The van der Waals surface area contributed by atoms with Gasteiger partial charge in [-0.15, -0.1) is 0 Å². The van der Waals surface area contributed by atoms with E-state index in [2.05, 4.69) is 10.3 Å². The van der Waals surface area contributed by atoms with E-state index >= 15 is 0 Å². The molecule has 0 fully saturated rings. The third-order valence-electron chi connectivity index (χ3n) is 4.94. The van der Waals surface area contributed by atoms with Crippen molar-refractivity contribution in [1.82, 2.24) is 4.98 Å². The Kier molecular flexibility index (Phi) is 4.80. The summed E-state index contributed by atoms with van der Waals surface area (Å²) >= 11 is 0. The van der Waals surface area contributed by atoms with Crippen molar-refractivity contribution < 1.29 is 13.9 Å². The second kappa shape index (κ2) is 7.43. The molecule has 0 saturated heterocycles. The molecule has 5 heteroatoms. The van der Waals surface area contributed by atoms with E-state index in [-0.39, 0.29) is 5.91 Å². The molecule has 3 aromatic carbocycles. The molecule has 4 aromatic rings. The molecule has 0 radical (unpaired) electrons. The fourth-order valence-corrected chi connectivity index (χ4v) is 3.34. The third-order valence-corrected chi connectivity index (χ3v) is 4.94. The molecule has 29 heavy (non-hydrogen) atoms. The molecular formula is C24H22N2O3. The highest BCUT2D eigenvalue weighted by Crippen LogP contribution is 2.29. The number of nitrogens with one attached hydrogen (secondary N) is 1. The molecule has 146 valence electrons. The highest BCUT2D eigenvalue weighted by molar-refractivity contribution is 6.07. The van der Waals surface area contributed by atoms with Gasteiger partial charge in [-0.1, -0.05) is 24.3 Å². The standard InChI is InChI=1S/C24H22N2O3/c1-14-8-11-21-20(12-14)26-24(29-21)17-10-9-15(2)19(13-17)25-23(27)18-7-5-6-16(3)22(18)28-4/h5-13H,1-4H3,(H,25,27). The lowest BCUT2D eigenvalue weighted by Crippen LogP contribution is -2.14. The van der Waals surface area contributed by atoms with Crippen LogP contribution >= 0.6 is 0 Å². The number of amides is 1. The van der Waals surface area contributed by atoms with Gasteiger partial charge < -0.3 is 14.5 Å².